The zero-order valence-electron chi connectivity index (χ0n) is 15.0. The third-order valence-corrected chi connectivity index (χ3v) is 4.83. The lowest BCUT2D eigenvalue weighted by atomic mass is 10.1. The Bertz CT molecular complexity index is 1230. The average Bonchev–Trinajstić information content (AvgIpc) is 2.67. The van der Waals surface area contributed by atoms with Crippen LogP contribution in [-0.4, -0.2) is 33.7 Å². The molecule has 0 spiro atoms. The van der Waals surface area contributed by atoms with Crippen LogP contribution in [0.5, 0.6) is 5.75 Å². The lowest BCUT2D eigenvalue weighted by Crippen LogP contribution is -2.29. The minimum atomic E-state index is -0.685. The number of benzene rings is 1. The summed E-state index contributed by atoms with van der Waals surface area (Å²) < 4.78 is 5.17. The number of fused-ring (bicyclic) bond motifs is 1. The minimum absolute atomic E-state index is 0.0238. The first-order valence-electron chi connectivity index (χ1n) is 8.06. The van der Waals surface area contributed by atoms with Gasteiger partial charge < -0.3 is 15.0 Å². The van der Waals surface area contributed by atoms with Gasteiger partial charge in [-0.05, 0) is 31.2 Å². The van der Waals surface area contributed by atoms with E-state index in [1.54, 1.807) is 31.4 Å². The SMILES string of the molecule is COc1ccc2nc(SCC(=O)Nc3c(C)[nH]c(=O)[nH]c3=O)c(C#N)cc2c1. The number of aromatic nitrogens is 3. The number of carbonyl (C=O) groups excluding carboxylic acids is 1. The quantitative estimate of drug-likeness (QED) is 0.554. The van der Waals surface area contributed by atoms with Crippen molar-refractivity contribution in [3.8, 4) is 11.8 Å². The van der Waals surface area contributed by atoms with Crippen LogP contribution in [0.4, 0.5) is 5.69 Å². The monoisotopic (exact) mass is 397 g/mol. The van der Waals surface area contributed by atoms with Crippen LogP contribution in [0.1, 0.15) is 11.3 Å². The molecule has 9 nitrogen and oxygen atoms in total. The number of carbonyl (C=O) groups is 1. The number of thioether (sulfide) groups is 1. The summed E-state index contributed by atoms with van der Waals surface area (Å²) in [5, 5.41) is 13.0. The third-order valence-electron chi connectivity index (χ3n) is 3.84. The number of hydrogen-bond acceptors (Lipinski definition) is 7. The van der Waals surface area contributed by atoms with Crippen LogP contribution in [0.2, 0.25) is 0 Å². The molecular formula is C18H15N5O4S. The minimum Gasteiger partial charge on any atom is -0.497 e. The predicted molar refractivity (Wildman–Crippen MR) is 105 cm³/mol. The normalized spacial score (nSPS) is 10.5. The van der Waals surface area contributed by atoms with Gasteiger partial charge in [0, 0.05) is 11.1 Å². The molecule has 1 aromatic carbocycles. The summed E-state index contributed by atoms with van der Waals surface area (Å²) in [6, 6.07) is 9.05. The van der Waals surface area contributed by atoms with Crippen molar-refractivity contribution in [3.63, 3.8) is 0 Å². The molecule has 2 heterocycles. The van der Waals surface area contributed by atoms with Crippen LogP contribution in [0.25, 0.3) is 10.9 Å². The highest BCUT2D eigenvalue weighted by molar-refractivity contribution is 8.00. The van der Waals surface area contributed by atoms with Gasteiger partial charge in [0.25, 0.3) is 5.56 Å². The first kappa shape index (κ1) is 19.2. The van der Waals surface area contributed by atoms with Gasteiger partial charge in [-0.25, -0.2) is 9.78 Å². The van der Waals surface area contributed by atoms with Crippen molar-refractivity contribution < 1.29 is 9.53 Å². The van der Waals surface area contributed by atoms with Crippen molar-refractivity contribution in [3.05, 3.63) is 56.4 Å². The molecule has 28 heavy (non-hydrogen) atoms. The van der Waals surface area contributed by atoms with Crippen molar-refractivity contribution in [2.75, 3.05) is 18.2 Å². The molecule has 0 fully saturated rings. The Morgan fingerprint density at radius 3 is 2.79 bits per heavy atom. The number of pyridine rings is 1. The second kappa shape index (κ2) is 7.98. The summed E-state index contributed by atoms with van der Waals surface area (Å²) in [6.45, 7) is 1.51. The number of aromatic amines is 2. The molecule has 10 heteroatoms. The summed E-state index contributed by atoms with van der Waals surface area (Å²) in [5.74, 6) is 0.118. The van der Waals surface area contributed by atoms with Gasteiger partial charge in [0.15, 0.2) is 0 Å². The Labute approximate surface area is 162 Å². The van der Waals surface area contributed by atoms with E-state index < -0.39 is 17.2 Å². The van der Waals surface area contributed by atoms with Crippen molar-refractivity contribution >= 4 is 34.3 Å². The number of methoxy groups -OCH3 is 1. The maximum atomic E-state index is 12.2. The molecule has 0 bridgehead atoms. The smallest absolute Gasteiger partial charge is 0.326 e. The summed E-state index contributed by atoms with van der Waals surface area (Å²) >= 11 is 1.08. The van der Waals surface area contributed by atoms with Gasteiger partial charge in [-0.2, -0.15) is 5.26 Å². The molecular weight excluding hydrogens is 382 g/mol. The lowest BCUT2D eigenvalue weighted by molar-refractivity contribution is -0.113. The van der Waals surface area contributed by atoms with E-state index in [9.17, 15) is 19.6 Å². The number of amides is 1. The van der Waals surface area contributed by atoms with Gasteiger partial charge >= 0.3 is 5.69 Å². The molecule has 0 saturated carbocycles. The number of aryl methyl sites for hydroxylation is 1. The Morgan fingerprint density at radius 2 is 2.11 bits per heavy atom. The molecule has 0 atom stereocenters. The lowest BCUT2D eigenvalue weighted by Gasteiger charge is -2.08. The Balaban J connectivity index is 1.79. The predicted octanol–water partition coefficient (Wildman–Crippen LogP) is 1.53. The largest absolute Gasteiger partial charge is 0.497 e. The number of hydrogen-bond donors (Lipinski definition) is 3. The van der Waals surface area contributed by atoms with Gasteiger partial charge in [0.1, 0.15) is 22.5 Å². The van der Waals surface area contributed by atoms with E-state index in [0.717, 1.165) is 17.1 Å². The summed E-state index contributed by atoms with van der Waals surface area (Å²) in [5.41, 5.74) is -0.111. The number of rotatable bonds is 5. The van der Waals surface area contributed by atoms with Gasteiger partial charge in [-0.3, -0.25) is 14.6 Å². The molecule has 3 N–H and O–H groups in total. The van der Waals surface area contributed by atoms with Crippen LogP contribution in [-0.2, 0) is 4.79 Å². The van der Waals surface area contributed by atoms with E-state index in [0.29, 0.717) is 21.9 Å². The average molecular weight is 397 g/mol. The Hall–Kier alpha value is -3.58. The van der Waals surface area contributed by atoms with E-state index in [-0.39, 0.29) is 17.1 Å². The number of H-pyrrole nitrogens is 2. The molecule has 0 radical (unpaired) electrons. The zero-order valence-corrected chi connectivity index (χ0v) is 15.8. The first-order chi connectivity index (χ1) is 13.4. The molecule has 0 aliphatic rings. The molecule has 2 aromatic heterocycles. The molecule has 0 unspecified atom stereocenters. The molecule has 0 aliphatic carbocycles. The highest BCUT2D eigenvalue weighted by atomic mass is 32.2. The van der Waals surface area contributed by atoms with E-state index in [1.165, 1.54) is 6.92 Å². The highest BCUT2D eigenvalue weighted by Crippen LogP contribution is 2.27. The maximum Gasteiger partial charge on any atom is 0.326 e. The number of nitriles is 1. The standard InChI is InChI=1S/C18H15N5O4S/c1-9-15(16(25)23-18(26)20-9)22-14(24)8-28-17-11(7-19)5-10-6-12(27-2)3-4-13(10)21-17/h3-6H,8H2,1-2H3,(H,22,24)(H2,20,23,25,26). The van der Waals surface area contributed by atoms with Crippen LogP contribution >= 0.6 is 11.8 Å². The molecule has 3 rings (SSSR count). The van der Waals surface area contributed by atoms with Gasteiger partial charge in [0.2, 0.25) is 5.91 Å². The van der Waals surface area contributed by atoms with Gasteiger partial charge in [-0.15, -0.1) is 0 Å². The number of ether oxygens (including phenoxy) is 1. The summed E-state index contributed by atoms with van der Waals surface area (Å²) in [4.78, 5) is 44.1. The van der Waals surface area contributed by atoms with Gasteiger partial charge in [-0.1, -0.05) is 11.8 Å². The summed E-state index contributed by atoms with van der Waals surface area (Å²) in [7, 11) is 1.55. The fourth-order valence-electron chi connectivity index (χ4n) is 2.51. The van der Waals surface area contributed by atoms with Crippen LogP contribution in [0, 0.1) is 18.3 Å². The number of anilines is 1. The molecule has 1 amide bonds. The molecule has 0 aliphatic heterocycles. The van der Waals surface area contributed by atoms with E-state index in [1.807, 2.05) is 0 Å². The second-order valence-electron chi connectivity index (χ2n) is 5.76. The first-order valence-corrected chi connectivity index (χ1v) is 9.04. The fraction of sp³-hybridized carbons (Fsp3) is 0.167. The van der Waals surface area contributed by atoms with Crippen molar-refractivity contribution in [2.45, 2.75) is 11.9 Å². The maximum absolute atomic E-state index is 12.2. The topological polar surface area (TPSA) is 141 Å². The summed E-state index contributed by atoms with van der Waals surface area (Å²) in [6.07, 6.45) is 0. The molecule has 142 valence electrons. The number of nitrogens with one attached hydrogen (secondary N) is 3. The van der Waals surface area contributed by atoms with Crippen LogP contribution in [0.3, 0.4) is 0 Å². The number of nitrogens with zero attached hydrogens (tertiary/aromatic N) is 2. The van der Waals surface area contributed by atoms with Crippen molar-refractivity contribution in [1.82, 2.24) is 15.0 Å². The van der Waals surface area contributed by atoms with Crippen molar-refractivity contribution in [1.29, 1.82) is 5.26 Å². The Kier molecular flexibility index (Phi) is 5.47. The second-order valence-corrected chi connectivity index (χ2v) is 6.72. The van der Waals surface area contributed by atoms with E-state index in [4.69, 9.17) is 4.74 Å². The van der Waals surface area contributed by atoms with Gasteiger partial charge in [0.05, 0.1) is 23.9 Å². The van der Waals surface area contributed by atoms with E-state index in [2.05, 4.69) is 26.3 Å². The fourth-order valence-corrected chi connectivity index (χ4v) is 3.28. The Morgan fingerprint density at radius 1 is 1.32 bits per heavy atom. The third kappa shape index (κ3) is 4.05. The van der Waals surface area contributed by atoms with Crippen LogP contribution in [0.15, 0.2) is 38.9 Å². The van der Waals surface area contributed by atoms with Crippen LogP contribution < -0.4 is 21.3 Å². The zero-order chi connectivity index (χ0) is 20.3. The molecule has 0 saturated heterocycles. The van der Waals surface area contributed by atoms with E-state index >= 15 is 0 Å². The van der Waals surface area contributed by atoms with Crippen molar-refractivity contribution in [2.24, 2.45) is 0 Å². The molecule has 3 aromatic rings. The highest BCUT2D eigenvalue weighted by Gasteiger charge is 2.13.